The molecule has 1 N–H and O–H groups in total. The average molecular weight is 320 g/mol. The number of aliphatic hydroxyl groups is 1. The monoisotopic (exact) mass is 319 g/mol. The Balaban J connectivity index is 2.51. The third-order valence-electron chi connectivity index (χ3n) is 2.99. The van der Waals surface area contributed by atoms with Crippen LogP contribution in [0.25, 0.3) is 5.76 Å². The van der Waals surface area contributed by atoms with Gasteiger partial charge in [0.1, 0.15) is 11.3 Å². The van der Waals surface area contributed by atoms with Crippen LogP contribution in [0.5, 0.6) is 0 Å². The molecule has 0 aromatic carbocycles. The first kappa shape index (κ1) is 15.5. The summed E-state index contributed by atoms with van der Waals surface area (Å²) in [6, 6.07) is 0.582. The van der Waals surface area contributed by atoms with E-state index in [-0.39, 0.29) is 12.8 Å². The molecule has 0 spiro atoms. The van der Waals surface area contributed by atoms with E-state index in [1.54, 1.807) is 0 Å². The first-order valence-corrected chi connectivity index (χ1v) is 6.32. The van der Waals surface area contributed by atoms with Gasteiger partial charge in [-0.15, -0.1) is 0 Å². The minimum Gasteiger partial charge on any atom is -0.505 e. The second-order valence-electron chi connectivity index (χ2n) is 4.48. The first-order valence-electron chi connectivity index (χ1n) is 5.94. The molecule has 112 valence electrons. The molecule has 4 nitrogen and oxygen atoms in total. The van der Waals surface area contributed by atoms with E-state index in [4.69, 9.17) is 11.6 Å². The fourth-order valence-electron chi connectivity index (χ4n) is 1.96. The van der Waals surface area contributed by atoms with Gasteiger partial charge in [-0.1, -0.05) is 11.6 Å². The van der Waals surface area contributed by atoms with Gasteiger partial charge in [0.05, 0.1) is 10.6 Å². The summed E-state index contributed by atoms with van der Waals surface area (Å²) in [5.74, 6) is -1.91. The van der Waals surface area contributed by atoms with Crippen molar-refractivity contribution in [2.24, 2.45) is 0 Å². The molecule has 1 heterocycles. The molecule has 1 aromatic heterocycles. The van der Waals surface area contributed by atoms with Crippen LogP contribution in [0, 0.1) is 0 Å². The Labute approximate surface area is 122 Å². The van der Waals surface area contributed by atoms with Crippen molar-refractivity contribution < 1.29 is 27.9 Å². The number of carbonyl (C=O) groups is 2. The molecule has 0 radical (unpaired) electrons. The van der Waals surface area contributed by atoms with Crippen molar-refractivity contribution in [2.45, 2.75) is 25.4 Å². The molecule has 0 unspecified atom stereocenters. The number of carbonyl (C=O) groups excluding carboxylic acids is 2. The molecule has 1 aliphatic carbocycles. The maximum absolute atomic E-state index is 12.5. The van der Waals surface area contributed by atoms with E-state index in [9.17, 15) is 27.9 Å². The number of aliphatic hydroxyl groups excluding tert-OH is 1. The van der Waals surface area contributed by atoms with E-state index in [2.05, 4.69) is 4.98 Å². The highest BCUT2D eigenvalue weighted by atomic mass is 35.5. The van der Waals surface area contributed by atoms with E-state index < -0.39 is 45.4 Å². The largest absolute Gasteiger partial charge is 0.505 e. The summed E-state index contributed by atoms with van der Waals surface area (Å²) in [5, 5.41) is 9.49. The van der Waals surface area contributed by atoms with Crippen LogP contribution in [0.2, 0.25) is 5.02 Å². The number of pyridine rings is 1. The predicted octanol–water partition coefficient (Wildman–Crippen LogP) is 3.35. The van der Waals surface area contributed by atoms with Crippen molar-refractivity contribution in [3.8, 4) is 0 Å². The molecule has 2 rings (SSSR count). The van der Waals surface area contributed by atoms with E-state index >= 15 is 0 Å². The molecular weight excluding hydrogens is 311 g/mol. The lowest BCUT2D eigenvalue weighted by Gasteiger charge is -2.14. The lowest BCUT2D eigenvalue weighted by molar-refractivity contribution is -0.137. The van der Waals surface area contributed by atoms with Crippen LogP contribution in [-0.4, -0.2) is 21.7 Å². The van der Waals surface area contributed by atoms with Gasteiger partial charge in [-0.3, -0.25) is 14.6 Å². The number of halogens is 4. The van der Waals surface area contributed by atoms with Crippen molar-refractivity contribution in [3.05, 3.63) is 34.1 Å². The van der Waals surface area contributed by atoms with Gasteiger partial charge in [0, 0.05) is 19.0 Å². The highest BCUT2D eigenvalue weighted by Gasteiger charge is 2.33. The lowest BCUT2D eigenvalue weighted by atomic mass is 9.90. The van der Waals surface area contributed by atoms with Crippen LogP contribution < -0.4 is 0 Å². The maximum atomic E-state index is 12.5. The third-order valence-corrected chi connectivity index (χ3v) is 3.28. The second kappa shape index (κ2) is 5.48. The number of alkyl halides is 3. The highest BCUT2D eigenvalue weighted by Crippen LogP contribution is 2.33. The molecule has 1 fully saturated rings. The Hall–Kier alpha value is -1.89. The van der Waals surface area contributed by atoms with E-state index in [1.165, 1.54) is 0 Å². The molecule has 0 amide bonds. The topological polar surface area (TPSA) is 67.3 Å². The minimum atomic E-state index is -4.63. The van der Waals surface area contributed by atoms with Crippen LogP contribution >= 0.6 is 11.6 Å². The predicted molar refractivity (Wildman–Crippen MR) is 67.7 cm³/mol. The van der Waals surface area contributed by atoms with Crippen molar-refractivity contribution in [1.82, 2.24) is 4.98 Å². The lowest BCUT2D eigenvalue weighted by Crippen LogP contribution is -2.21. The number of hydrogen-bond acceptors (Lipinski definition) is 4. The van der Waals surface area contributed by atoms with Gasteiger partial charge in [0.15, 0.2) is 17.3 Å². The summed E-state index contributed by atoms with van der Waals surface area (Å²) < 4.78 is 37.5. The maximum Gasteiger partial charge on any atom is 0.417 e. The average Bonchev–Trinajstić information content (AvgIpc) is 2.37. The SMILES string of the molecule is O=C1CCCC(=O)C1=C(O)c1ncc(C(F)(F)F)cc1Cl. The normalized spacial score (nSPS) is 16.3. The molecule has 21 heavy (non-hydrogen) atoms. The number of allylic oxidation sites excluding steroid dienone is 1. The van der Waals surface area contributed by atoms with Crippen LogP contribution in [0.4, 0.5) is 13.2 Å². The summed E-state index contributed by atoms with van der Waals surface area (Å²) in [6.07, 6.45) is -3.60. The summed E-state index contributed by atoms with van der Waals surface area (Å²) in [5.41, 5.74) is -1.95. The zero-order valence-corrected chi connectivity index (χ0v) is 11.3. The standard InChI is InChI=1S/C13H9ClF3NO3/c14-7-4-6(13(15,16)17)5-18-11(7)12(21)10-8(19)2-1-3-9(10)20/h4-5,21H,1-3H2. The number of Topliss-reactive ketones (excluding diaryl/α,β-unsaturated/α-hetero) is 2. The molecule has 0 atom stereocenters. The Morgan fingerprint density at radius 3 is 2.29 bits per heavy atom. The van der Waals surface area contributed by atoms with Crippen LogP contribution in [0.3, 0.4) is 0 Å². The zero-order chi connectivity index (χ0) is 15.8. The molecule has 0 aliphatic heterocycles. The number of aromatic nitrogens is 1. The number of rotatable bonds is 1. The summed E-state index contributed by atoms with van der Waals surface area (Å²) in [7, 11) is 0. The van der Waals surface area contributed by atoms with E-state index in [0.29, 0.717) is 18.7 Å². The van der Waals surface area contributed by atoms with Crippen molar-refractivity contribution in [1.29, 1.82) is 0 Å². The van der Waals surface area contributed by atoms with Gasteiger partial charge in [-0.2, -0.15) is 13.2 Å². The second-order valence-corrected chi connectivity index (χ2v) is 4.88. The van der Waals surface area contributed by atoms with Gasteiger partial charge in [-0.25, -0.2) is 0 Å². The summed E-state index contributed by atoms with van der Waals surface area (Å²) in [4.78, 5) is 26.8. The van der Waals surface area contributed by atoms with E-state index in [1.807, 2.05) is 0 Å². The Morgan fingerprint density at radius 1 is 1.24 bits per heavy atom. The fraction of sp³-hybridized carbons (Fsp3) is 0.308. The molecule has 0 saturated heterocycles. The van der Waals surface area contributed by atoms with Crippen LogP contribution in [-0.2, 0) is 15.8 Å². The van der Waals surface area contributed by atoms with Crippen LogP contribution in [0.1, 0.15) is 30.5 Å². The molecular formula is C13H9ClF3NO3. The third kappa shape index (κ3) is 3.07. The first-order chi connectivity index (χ1) is 9.71. The van der Waals surface area contributed by atoms with Crippen molar-refractivity contribution >= 4 is 28.9 Å². The molecule has 1 aromatic rings. The Kier molecular flexibility index (Phi) is 4.04. The Bertz CT molecular complexity index is 635. The molecule has 0 bridgehead atoms. The van der Waals surface area contributed by atoms with E-state index in [0.717, 1.165) is 0 Å². The van der Waals surface area contributed by atoms with Gasteiger partial charge in [0.2, 0.25) is 0 Å². The minimum absolute atomic E-state index is 0.0867. The number of nitrogens with zero attached hydrogens (tertiary/aromatic N) is 1. The molecule has 1 aliphatic rings. The van der Waals surface area contributed by atoms with Gasteiger partial charge < -0.3 is 5.11 Å². The van der Waals surface area contributed by atoms with Gasteiger partial charge in [-0.05, 0) is 12.5 Å². The highest BCUT2D eigenvalue weighted by molar-refractivity contribution is 6.33. The zero-order valence-electron chi connectivity index (χ0n) is 10.5. The van der Waals surface area contributed by atoms with Gasteiger partial charge in [0.25, 0.3) is 0 Å². The smallest absolute Gasteiger partial charge is 0.417 e. The summed E-state index contributed by atoms with van der Waals surface area (Å²) >= 11 is 5.67. The Morgan fingerprint density at radius 2 is 1.81 bits per heavy atom. The summed E-state index contributed by atoms with van der Waals surface area (Å²) in [6.45, 7) is 0. The van der Waals surface area contributed by atoms with Crippen LogP contribution in [0.15, 0.2) is 17.8 Å². The molecule has 1 saturated carbocycles. The molecule has 8 heteroatoms. The van der Waals surface area contributed by atoms with Crippen molar-refractivity contribution in [2.75, 3.05) is 0 Å². The fourth-order valence-corrected chi connectivity index (χ4v) is 2.22. The number of hydrogen-bond donors (Lipinski definition) is 1. The van der Waals surface area contributed by atoms with Gasteiger partial charge >= 0.3 is 6.18 Å². The quantitative estimate of drug-likeness (QED) is 0.490. The van der Waals surface area contributed by atoms with Crippen molar-refractivity contribution in [3.63, 3.8) is 0 Å². The number of ketones is 2.